The van der Waals surface area contributed by atoms with Gasteiger partial charge in [-0.3, -0.25) is 0 Å². The van der Waals surface area contributed by atoms with Gasteiger partial charge in [0.25, 0.3) is 0 Å². The summed E-state index contributed by atoms with van der Waals surface area (Å²) in [6.07, 6.45) is 0. The minimum atomic E-state index is 0. The summed E-state index contributed by atoms with van der Waals surface area (Å²) in [4.78, 5) is 0. The largest absolute Gasteiger partial charge is 0.870 e. The van der Waals surface area contributed by atoms with Gasteiger partial charge in [-0.25, -0.2) is 0 Å². The van der Waals surface area contributed by atoms with E-state index in [1.165, 1.54) is 0 Å². The Balaban J connectivity index is 0. The van der Waals surface area contributed by atoms with Crippen LogP contribution in [0.4, 0.5) is 0 Å². The van der Waals surface area contributed by atoms with E-state index in [-0.39, 0.29) is 60.3 Å². The molecule has 0 amide bonds. The average molecular weight is 206 g/mol. The number of hydrogen-bond donors (Lipinski definition) is 0. The summed E-state index contributed by atoms with van der Waals surface area (Å²) in [5.74, 6) is 0. The molecule has 0 aromatic heterocycles. The summed E-state index contributed by atoms with van der Waals surface area (Å²) in [6.45, 7) is 0. The van der Waals surface area contributed by atoms with Crippen molar-refractivity contribution in [3.05, 3.63) is 0 Å². The molecule has 2 heteroatoms. The molecule has 0 bridgehead atoms. The Hall–Kier alpha value is 1.28. The smallest absolute Gasteiger partial charge is 0 e. The molecule has 0 fully saturated rings. The second kappa shape index (κ2) is 28.0. The first-order valence-electron chi connectivity index (χ1n) is 0. The van der Waals surface area contributed by atoms with Crippen molar-refractivity contribution < 1.29 is 45.4 Å². The van der Waals surface area contributed by atoms with Crippen LogP contribution in [0.15, 0.2) is 0 Å². The Morgan fingerprint density at radius 2 is 0.750 bits per heavy atom. The van der Waals surface area contributed by atoms with E-state index >= 15 is 0 Å². The number of hydrogen-bond acceptors (Lipinski definition) is 1. The molecule has 0 unspecified atom stereocenters. The monoisotopic (exact) mass is 207 g/mol. The van der Waals surface area contributed by atoms with Crippen LogP contribution in [0.1, 0.15) is 14.9 Å². The SMILES string of the molecule is C.C.[Gd].[OH-]. The summed E-state index contributed by atoms with van der Waals surface area (Å²) >= 11 is 0. The van der Waals surface area contributed by atoms with Crippen molar-refractivity contribution in [2.45, 2.75) is 14.9 Å². The third kappa shape index (κ3) is 10.4. The first kappa shape index (κ1) is 58.8. The first-order valence-corrected chi connectivity index (χ1v) is 0. The summed E-state index contributed by atoms with van der Waals surface area (Å²) in [5, 5.41) is 0. The van der Waals surface area contributed by atoms with Gasteiger partial charge in [0.1, 0.15) is 0 Å². The van der Waals surface area contributed by atoms with Crippen molar-refractivity contribution in [2.75, 3.05) is 0 Å². The zero-order valence-corrected chi connectivity index (χ0v) is 3.07. The molecule has 0 spiro atoms. The van der Waals surface area contributed by atoms with Crippen LogP contribution in [0.3, 0.4) is 0 Å². The third-order valence-electron chi connectivity index (χ3n) is 0. The molecule has 1 N–H and O–H groups in total. The molecule has 0 rings (SSSR count). The molecular weight excluding hydrogens is 197 g/mol. The van der Waals surface area contributed by atoms with Crippen LogP contribution < -0.4 is 0 Å². The fraction of sp³-hybridized carbons (Fsp3) is 1.00. The predicted octanol–water partition coefficient (Wildman–Crippen LogP) is 1.10. The van der Waals surface area contributed by atoms with E-state index < -0.39 is 0 Å². The second-order valence-corrected chi connectivity index (χ2v) is 0. The van der Waals surface area contributed by atoms with E-state index in [9.17, 15) is 0 Å². The van der Waals surface area contributed by atoms with E-state index in [0.717, 1.165) is 0 Å². The van der Waals surface area contributed by atoms with Crippen LogP contribution in [0, 0.1) is 39.9 Å². The molecular formula is C2H9GdO-. The molecule has 0 saturated carbocycles. The van der Waals surface area contributed by atoms with Gasteiger partial charge in [0, 0.05) is 39.9 Å². The van der Waals surface area contributed by atoms with E-state index in [0.29, 0.717) is 0 Å². The van der Waals surface area contributed by atoms with E-state index in [4.69, 9.17) is 0 Å². The summed E-state index contributed by atoms with van der Waals surface area (Å²) in [7, 11) is 0. The van der Waals surface area contributed by atoms with Crippen LogP contribution in [0.2, 0.25) is 0 Å². The van der Waals surface area contributed by atoms with Gasteiger partial charge in [0.2, 0.25) is 0 Å². The van der Waals surface area contributed by atoms with Gasteiger partial charge in [-0.05, 0) is 0 Å². The normalized spacial score (nSPS) is 0. The van der Waals surface area contributed by atoms with Gasteiger partial charge in [-0.15, -0.1) is 0 Å². The predicted molar refractivity (Wildman–Crippen MR) is 15.4 cm³/mol. The van der Waals surface area contributed by atoms with Gasteiger partial charge < -0.3 is 5.48 Å². The zero-order valence-electron chi connectivity index (χ0n) is 0.801. The second-order valence-electron chi connectivity index (χ2n) is 0. The third-order valence-corrected chi connectivity index (χ3v) is 0. The Bertz CT molecular complexity index is 6.00. The minimum absolute atomic E-state index is 0. The van der Waals surface area contributed by atoms with Crippen molar-refractivity contribution in [1.82, 2.24) is 0 Å². The molecule has 0 saturated heterocycles. The van der Waals surface area contributed by atoms with Crippen molar-refractivity contribution in [1.29, 1.82) is 0 Å². The summed E-state index contributed by atoms with van der Waals surface area (Å²) < 4.78 is 0. The van der Waals surface area contributed by atoms with Gasteiger partial charge in [0.05, 0.1) is 0 Å². The molecule has 0 aromatic carbocycles. The van der Waals surface area contributed by atoms with Gasteiger partial charge in [-0.2, -0.15) is 0 Å². The van der Waals surface area contributed by atoms with Crippen molar-refractivity contribution in [3.8, 4) is 0 Å². The Kier molecular flexibility index (Phi) is 412. The zero-order chi connectivity index (χ0) is 0. The van der Waals surface area contributed by atoms with E-state index in [1.54, 1.807) is 0 Å². The van der Waals surface area contributed by atoms with Crippen LogP contribution >= 0.6 is 0 Å². The molecule has 32 valence electrons. The maximum Gasteiger partial charge on any atom is 0 e. The molecule has 0 radical (unpaired) electrons. The van der Waals surface area contributed by atoms with E-state index in [2.05, 4.69) is 0 Å². The van der Waals surface area contributed by atoms with Crippen LogP contribution in [-0.4, -0.2) is 5.48 Å². The molecule has 0 aliphatic heterocycles. The maximum atomic E-state index is 0. The Morgan fingerprint density at radius 1 is 0.750 bits per heavy atom. The summed E-state index contributed by atoms with van der Waals surface area (Å²) in [6, 6.07) is 0. The molecule has 0 aliphatic rings. The molecule has 4 heavy (non-hydrogen) atoms. The molecule has 0 atom stereocenters. The topological polar surface area (TPSA) is 30.0 Å². The van der Waals surface area contributed by atoms with Crippen LogP contribution in [0.25, 0.3) is 0 Å². The fourth-order valence-electron chi connectivity index (χ4n) is 0. The standard InChI is InChI=1S/2CH4.Gd.H2O/h2*1H4;;1H2/p-1. The molecule has 0 aliphatic carbocycles. The summed E-state index contributed by atoms with van der Waals surface area (Å²) in [5.41, 5.74) is 0. The van der Waals surface area contributed by atoms with Crippen molar-refractivity contribution >= 4 is 0 Å². The van der Waals surface area contributed by atoms with Gasteiger partial charge in [-0.1, -0.05) is 14.9 Å². The molecule has 0 aromatic rings. The molecule has 0 heterocycles. The minimum Gasteiger partial charge on any atom is -0.870 e. The fourth-order valence-corrected chi connectivity index (χ4v) is 0. The average Bonchev–Trinajstić information content (AvgIpc) is 0. The van der Waals surface area contributed by atoms with Gasteiger partial charge >= 0.3 is 0 Å². The first-order chi connectivity index (χ1) is 0. The Morgan fingerprint density at radius 3 is 0.750 bits per heavy atom. The van der Waals surface area contributed by atoms with Crippen molar-refractivity contribution in [2.24, 2.45) is 0 Å². The van der Waals surface area contributed by atoms with Crippen LogP contribution in [0.5, 0.6) is 0 Å². The van der Waals surface area contributed by atoms with E-state index in [1.807, 2.05) is 0 Å². The Labute approximate surface area is 59.8 Å². The van der Waals surface area contributed by atoms with Gasteiger partial charge in [0.15, 0.2) is 0 Å². The van der Waals surface area contributed by atoms with Crippen LogP contribution in [-0.2, 0) is 0 Å². The van der Waals surface area contributed by atoms with Crippen molar-refractivity contribution in [3.63, 3.8) is 0 Å². The maximum absolute atomic E-state index is 0. The number of rotatable bonds is 0. The molecule has 1 nitrogen and oxygen atoms in total. The quantitative estimate of drug-likeness (QED) is 0.583.